The first-order valence-electron chi connectivity index (χ1n) is 7.73. The summed E-state index contributed by atoms with van der Waals surface area (Å²) in [4.78, 5) is 0. The van der Waals surface area contributed by atoms with Crippen LogP contribution in [0.15, 0.2) is 12.1 Å². The van der Waals surface area contributed by atoms with Gasteiger partial charge in [0, 0.05) is 10.5 Å². The number of nitrogens with one attached hydrogen (secondary N) is 1. The number of benzene rings is 1. The van der Waals surface area contributed by atoms with E-state index in [1.807, 2.05) is 27.7 Å². The van der Waals surface area contributed by atoms with E-state index >= 15 is 0 Å². The Morgan fingerprint density at radius 1 is 1.21 bits per heavy atom. The van der Waals surface area contributed by atoms with Crippen molar-refractivity contribution < 1.29 is 22.1 Å². The molecule has 5 nitrogen and oxygen atoms in total. The molecular weight excluding hydrogens is 355 g/mol. The van der Waals surface area contributed by atoms with Crippen molar-refractivity contribution >= 4 is 39.9 Å². The molecule has 0 spiro atoms. The Labute approximate surface area is 148 Å². The van der Waals surface area contributed by atoms with Crippen LogP contribution in [0.2, 0.25) is 5.02 Å². The zero-order valence-electron chi connectivity index (χ0n) is 14.4. The van der Waals surface area contributed by atoms with Gasteiger partial charge in [-0.3, -0.25) is 4.72 Å². The zero-order valence-corrected chi connectivity index (χ0v) is 16.0. The van der Waals surface area contributed by atoms with Crippen molar-refractivity contribution in [1.29, 1.82) is 0 Å². The summed E-state index contributed by atoms with van der Waals surface area (Å²) in [5.41, 5.74) is -1.43. The van der Waals surface area contributed by atoms with Gasteiger partial charge in [-0.1, -0.05) is 18.5 Å². The number of rotatable bonds is 5. The van der Waals surface area contributed by atoms with Crippen LogP contribution in [0, 0.1) is 5.82 Å². The molecule has 1 N–H and O–H groups in total. The molecule has 0 unspecified atom stereocenters. The van der Waals surface area contributed by atoms with Crippen LogP contribution in [0.25, 0.3) is 0 Å². The fourth-order valence-corrected chi connectivity index (χ4v) is 3.66. The fraction of sp³-hybridized carbons (Fsp3) is 0.600. The number of halogens is 2. The lowest BCUT2D eigenvalue weighted by molar-refractivity contribution is 0.00578. The Hall–Kier alpha value is -0.825. The smallest absolute Gasteiger partial charge is 0.399 e. The molecule has 1 heterocycles. The van der Waals surface area contributed by atoms with Gasteiger partial charge in [0.15, 0.2) is 0 Å². The molecule has 0 bridgehead atoms. The third-order valence-corrected chi connectivity index (χ3v) is 6.01. The molecule has 1 aliphatic rings. The molecule has 1 aromatic carbocycles. The average molecular weight is 378 g/mol. The lowest BCUT2D eigenvalue weighted by Crippen LogP contribution is -2.41. The molecule has 1 aromatic rings. The maximum absolute atomic E-state index is 14.8. The average Bonchev–Trinajstić information content (AvgIpc) is 2.61. The first-order chi connectivity index (χ1) is 10.9. The highest BCUT2D eigenvalue weighted by molar-refractivity contribution is 7.92. The van der Waals surface area contributed by atoms with E-state index in [0.29, 0.717) is 6.42 Å². The molecule has 0 radical (unpaired) electrons. The third kappa shape index (κ3) is 3.87. The van der Waals surface area contributed by atoms with Crippen LogP contribution >= 0.6 is 11.6 Å². The van der Waals surface area contributed by atoms with E-state index in [1.54, 1.807) is 6.92 Å². The molecule has 0 amide bonds. The Morgan fingerprint density at radius 2 is 1.75 bits per heavy atom. The number of anilines is 1. The van der Waals surface area contributed by atoms with Crippen LogP contribution < -0.4 is 10.2 Å². The van der Waals surface area contributed by atoms with Gasteiger partial charge in [-0.2, -0.15) is 0 Å². The van der Waals surface area contributed by atoms with Gasteiger partial charge in [0.2, 0.25) is 10.0 Å². The molecule has 24 heavy (non-hydrogen) atoms. The molecule has 1 fully saturated rings. The zero-order chi connectivity index (χ0) is 18.3. The van der Waals surface area contributed by atoms with Crippen LogP contribution in [-0.4, -0.2) is 32.5 Å². The standard InChI is InChI=1S/C15H22BClFNO4S/c1-6-7-24(20,21)19-12-9-10(17)8-11(13(12)18)16-22-14(2,3)15(4,5)23-16/h8-9,19H,6-7H2,1-5H3. The van der Waals surface area contributed by atoms with Gasteiger partial charge in [-0.15, -0.1) is 0 Å². The first kappa shape index (κ1) is 19.5. The van der Waals surface area contributed by atoms with Crippen molar-refractivity contribution in [1.82, 2.24) is 0 Å². The van der Waals surface area contributed by atoms with Crippen LogP contribution in [0.1, 0.15) is 41.0 Å². The SMILES string of the molecule is CCCS(=O)(=O)Nc1cc(Cl)cc(B2OC(C)(C)C(C)(C)O2)c1F. The van der Waals surface area contributed by atoms with Gasteiger partial charge in [0.1, 0.15) is 5.82 Å². The fourth-order valence-electron chi connectivity index (χ4n) is 2.31. The summed E-state index contributed by atoms with van der Waals surface area (Å²) >= 11 is 6.04. The molecule has 0 aliphatic carbocycles. The molecule has 2 rings (SSSR count). The summed E-state index contributed by atoms with van der Waals surface area (Å²) in [5, 5.41) is 0.190. The van der Waals surface area contributed by atoms with E-state index in [2.05, 4.69) is 4.72 Å². The van der Waals surface area contributed by atoms with Crippen molar-refractivity contribution in [3.8, 4) is 0 Å². The first-order valence-corrected chi connectivity index (χ1v) is 9.76. The Balaban J connectivity index is 2.40. The van der Waals surface area contributed by atoms with Crippen molar-refractivity contribution in [2.45, 2.75) is 52.2 Å². The molecule has 9 heteroatoms. The van der Waals surface area contributed by atoms with Crippen LogP contribution in [0.4, 0.5) is 10.1 Å². The third-order valence-electron chi connectivity index (χ3n) is 4.31. The summed E-state index contributed by atoms with van der Waals surface area (Å²) in [6.07, 6.45) is 0.418. The predicted molar refractivity (Wildman–Crippen MR) is 94.8 cm³/mol. The quantitative estimate of drug-likeness (QED) is 0.801. The van der Waals surface area contributed by atoms with Gasteiger partial charge in [0.05, 0.1) is 22.6 Å². The second-order valence-corrected chi connectivity index (χ2v) is 9.14. The van der Waals surface area contributed by atoms with E-state index in [1.165, 1.54) is 12.1 Å². The Kier molecular flexibility index (Phi) is 5.26. The highest BCUT2D eigenvalue weighted by atomic mass is 35.5. The van der Waals surface area contributed by atoms with Gasteiger partial charge in [-0.05, 0) is 46.2 Å². The van der Waals surface area contributed by atoms with Gasteiger partial charge < -0.3 is 9.31 Å². The van der Waals surface area contributed by atoms with Crippen LogP contribution in [-0.2, 0) is 19.3 Å². The van der Waals surface area contributed by atoms with Crippen molar-refractivity contribution in [3.63, 3.8) is 0 Å². The van der Waals surface area contributed by atoms with E-state index in [4.69, 9.17) is 20.9 Å². The van der Waals surface area contributed by atoms with Crippen LogP contribution in [0.3, 0.4) is 0 Å². The maximum Gasteiger partial charge on any atom is 0.497 e. The minimum Gasteiger partial charge on any atom is -0.399 e. The molecule has 0 atom stereocenters. The lowest BCUT2D eigenvalue weighted by Gasteiger charge is -2.32. The van der Waals surface area contributed by atoms with E-state index in [9.17, 15) is 12.8 Å². The molecule has 134 valence electrons. The predicted octanol–water partition coefficient (Wildman–Crippen LogP) is 2.93. The summed E-state index contributed by atoms with van der Waals surface area (Å²) in [5.74, 6) is -0.859. The topological polar surface area (TPSA) is 64.6 Å². The molecule has 1 aliphatic heterocycles. The normalized spacial score (nSPS) is 19.5. The Bertz CT molecular complexity index is 723. The summed E-state index contributed by atoms with van der Waals surface area (Å²) < 4.78 is 52.5. The molecule has 0 aromatic heterocycles. The van der Waals surface area contributed by atoms with Crippen LogP contribution in [0.5, 0.6) is 0 Å². The molecule has 1 saturated heterocycles. The van der Waals surface area contributed by atoms with E-state index < -0.39 is 34.2 Å². The van der Waals surface area contributed by atoms with Crippen molar-refractivity contribution in [2.75, 3.05) is 10.5 Å². The summed E-state index contributed by atoms with van der Waals surface area (Å²) in [6.45, 7) is 9.12. The number of hydrogen-bond donors (Lipinski definition) is 1. The van der Waals surface area contributed by atoms with Crippen molar-refractivity contribution in [2.24, 2.45) is 0 Å². The summed E-state index contributed by atoms with van der Waals surface area (Å²) in [6, 6.07) is 2.62. The Morgan fingerprint density at radius 3 is 2.25 bits per heavy atom. The van der Waals surface area contributed by atoms with E-state index in [0.717, 1.165) is 0 Å². The van der Waals surface area contributed by atoms with Gasteiger partial charge >= 0.3 is 7.12 Å². The minimum absolute atomic E-state index is 0.0651. The largest absolute Gasteiger partial charge is 0.497 e. The van der Waals surface area contributed by atoms with E-state index in [-0.39, 0.29) is 21.9 Å². The van der Waals surface area contributed by atoms with Gasteiger partial charge in [0.25, 0.3) is 0 Å². The van der Waals surface area contributed by atoms with Gasteiger partial charge in [-0.25, -0.2) is 12.8 Å². The lowest BCUT2D eigenvalue weighted by atomic mass is 9.78. The molecule has 0 saturated carbocycles. The molecular formula is C15H22BClFNO4S. The number of sulfonamides is 1. The minimum atomic E-state index is -3.64. The highest BCUT2D eigenvalue weighted by Crippen LogP contribution is 2.37. The van der Waals surface area contributed by atoms with Crippen molar-refractivity contribution in [3.05, 3.63) is 23.0 Å². The summed E-state index contributed by atoms with van der Waals surface area (Å²) in [7, 11) is -4.61. The second kappa shape index (κ2) is 6.48. The number of hydrogen-bond acceptors (Lipinski definition) is 4. The highest BCUT2D eigenvalue weighted by Gasteiger charge is 2.52. The second-order valence-electron chi connectivity index (χ2n) is 6.87. The maximum atomic E-state index is 14.8. The monoisotopic (exact) mass is 377 g/mol.